The molecule has 1 aromatic heterocycles. The number of methoxy groups -OCH3 is 1. The van der Waals surface area contributed by atoms with Crippen LogP contribution in [0.4, 0.5) is 0 Å². The number of thiazole rings is 1. The molecule has 2 N–H and O–H groups in total. The van der Waals surface area contributed by atoms with Crippen LogP contribution >= 0.6 is 11.3 Å². The fourth-order valence-electron chi connectivity index (χ4n) is 1.63. The number of nitrogens with two attached hydrogens (primary N) is 1. The third kappa shape index (κ3) is 3.79. The predicted octanol–water partition coefficient (Wildman–Crippen LogP) is 2.01. The summed E-state index contributed by atoms with van der Waals surface area (Å²) in [6.45, 7) is 0.714. The van der Waals surface area contributed by atoms with Crippen molar-refractivity contribution in [1.82, 2.24) is 4.98 Å². The quantitative estimate of drug-likeness (QED) is 0.824. The van der Waals surface area contributed by atoms with Crippen LogP contribution in [-0.4, -0.2) is 24.6 Å². The molecule has 1 heterocycles. The maximum absolute atomic E-state index is 11.8. The minimum Gasteiger partial charge on any atom is -0.497 e. The van der Waals surface area contributed by atoms with E-state index in [2.05, 4.69) is 4.98 Å². The lowest BCUT2D eigenvalue weighted by atomic mass is 10.2. The summed E-state index contributed by atoms with van der Waals surface area (Å²) in [4.78, 5) is 16.0. The van der Waals surface area contributed by atoms with Crippen molar-refractivity contribution in [3.05, 3.63) is 45.9 Å². The molecule has 0 aliphatic heterocycles. The summed E-state index contributed by atoms with van der Waals surface area (Å²) in [5, 5.41) is 2.54. The first-order chi connectivity index (χ1) is 9.72. The van der Waals surface area contributed by atoms with Gasteiger partial charge in [0.15, 0.2) is 5.69 Å². The van der Waals surface area contributed by atoms with E-state index >= 15 is 0 Å². The normalized spacial score (nSPS) is 10.3. The number of carbonyl (C=O) groups is 1. The molecule has 0 saturated heterocycles. The summed E-state index contributed by atoms with van der Waals surface area (Å²) in [5.74, 6) is 0.310. The highest BCUT2D eigenvalue weighted by Gasteiger charge is 2.12. The van der Waals surface area contributed by atoms with Crippen LogP contribution in [0.3, 0.4) is 0 Å². The highest BCUT2D eigenvalue weighted by molar-refractivity contribution is 7.09. The molecule has 0 aliphatic rings. The molecule has 2 aromatic rings. The van der Waals surface area contributed by atoms with E-state index in [0.717, 1.165) is 16.3 Å². The van der Waals surface area contributed by atoms with Crippen LogP contribution in [0.25, 0.3) is 0 Å². The number of hydrogen-bond acceptors (Lipinski definition) is 6. The summed E-state index contributed by atoms with van der Waals surface area (Å²) >= 11 is 1.42. The van der Waals surface area contributed by atoms with Gasteiger partial charge >= 0.3 is 5.97 Å². The van der Waals surface area contributed by atoms with Gasteiger partial charge < -0.3 is 15.2 Å². The summed E-state index contributed by atoms with van der Waals surface area (Å²) in [6.07, 6.45) is 0.674. The van der Waals surface area contributed by atoms with Gasteiger partial charge in [0.1, 0.15) is 12.4 Å². The molecular weight excluding hydrogens is 276 g/mol. The highest BCUT2D eigenvalue weighted by atomic mass is 32.1. The number of hydrogen-bond donors (Lipinski definition) is 1. The van der Waals surface area contributed by atoms with E-state index in [0.29, 0.717) is 18.7 Å². The van der Waals surface area contributed by atoms with Crippen LogP contribution in [0.1, 0.15) is 21.1 Å². The first-order valence-corrected chi connectivity index (χ1v) is 7.05. The number of esters is 1. The van der Waals surface area contributed by atoms with Crippen molar-refractivity contribution in [2.75, 3.05) is 13.7 Å². The Balaban J connectivity index is 1.93. The monoisotopic (exact) mass is 292 g/mol. The van der Waals surface area contributed by atoms with E-state index in [9.17, 15) is 4.79 Å². The van der Waals surface area contributed by atoms with E-state index in [1.54, 1.807) is 12.5 Å². The lowest BCUT2D eigenvalue weighted by Gasteiger charge is -2.05. The second kappa shape index (κ2) is 7.02. The molecule has 0 spiro atoms. The van der Waals surface area contributed by atoms with Crippen molar-refractivity contribution in [2.45, 2.75) is 13.0 Å². The molecule has 2 rings (SSSR count). The minimum absolute atomic E-state index is 0.194. The molecule has 0 radical (unpaired) electrons. The van der Waals surface area contributed by atoms with Gasteiger partial charge in [0.05, 0.1) is 12.1 Å². The average molecular weight is 292 g/mol. The smallest absolute Gasteiger partial charge is 0.358 e. The zero-order chi connectivity index (χ0) is 14.4. The second-order valence-corrected chi connectivity index (χ2v) is 5.04. The molecule has 0 fully saturated rings. The van der Waals surface area contributed by atoms with Crippen molar-refractivity contribution in [2.24, 2.45) is 5.73 Å². The molecule has 0 bridgehead atoms. The summed E-state index contributed by atoms with van der Waals surface area (Å²) < 4.78 is 10.3. The fraction of sp³-hybridized carbons (Fsp3) is 0.286. The Morgan fingerprint density at radius 2 is 2.30 bits per heavy atom. The lowest BCUT2D eigenvalue weighted by Crippen LogP contribution is -2.07. The number of benzene rings is 1. The molecule has 6 heteroatoms. The fourth-order valence-corrected chi connectivity index (χ4v) is 2.41. The SMILES string of the molecule is COc1cccc(COC(=O)c2csc(CCN)n2)c1. The van der Waals surface area contributed by atoms with Crippen LogP contribution in [0, 0.1) is 0 Å². The molecule has 5 nitrogen and oxygen atoms in total. The number of nitrogens with zero attached hydrogens (tertiary/aromatic N) is 1. The standard InChI is InChI=1S/C14H16N2O3S/c1-18-11-4-2-3-10(7-11)8-19-14(17)12-9-20-13(16-12)5-6-15/h2-4,7,9H,5-6,8,15H2,1H3. The third-order valence-electron chi connectivity index (χ3n) is 2.62. The number of aromatic nitrogens is 1. The molecule has 106 valence electrons. The van der Waals surface area contributed by atoms with Gasteiger partial charge in [0.25, 0.3) is 0 Å². The summed E-state index contributed by atoms with van der Waals surface area (Å²) in [5.41, 5.74) is 6.65. The van der Waals surface area contributed by atoms with Crippen molar-refractivity contribution in [1.29, 1.82) is 0 Å². The van der Waals surface area contributed by atoms with Gasteiger partial charge in [0.2, 0.25) is 0 Å². The molecule has 20 heavy (non-hydrogen) atoms. The summed E-state index contributed by atoms with van der Waals surface area (Å²) in [6, 6.07) is 7.39. The van der Waals surface area contributed by atoms with E-state index in [-0.39, 0.29) is 6.61 Å². The van der Waals surface area contributed by atoms with Gasteiger partial charge in [-0.05, 0) is 24.2 Å². The molecule has 0 saturated carbocycles. The maximum Gasteiger partial charge on any atom is 0.358 e. The Bertz CT molecular complexity index is 583. The van der Waals surface area contributed by atoms with Gasteiger partial charge in [-0.1, -0.05) is 12.1 Å². The van der Waals surface area contributed by atoms with Crippen LogP contribution in [0.15, 0.2) is 29.6 Å². The van der Waals surface area contributed by atoms with Gasteiger partial charge in [-0.25, -0.2) is 9.78 Å². The van der Waals surface area contributed by atoms with Crippen molar-refractivity contribution in [3.63, 3.8) is 0 Å². The van der Waals surface area contributed by atoms with Gasteiger partial charge in [-0.2, -0.15) is 0 Å². The summed E-state index contributed by atoms with van der Waals surface area (Å²) in [7, 11) is 1.60. The third-order valence-corrected chi connectivity index (χ3v) is 3.53. The second-order valence-electron chi connectivity index (χ2n) is 4.09. The Hall–Kier alpha value is -1.92. The van der Waals surface area contributed by atoms with Crippen LogP contribution in [0.5, 0.6) is 5.75 Å². The first-order valence-electron chi connectivity index (χ1n) is 6.17. The van der Waals surface area contributed by atoms with Crippen LogP contribution in [-0.2, 0) is 17.8 Å². The molecule has 0 unspecified atom stereocenters. The predicted molar refractivity (Wildman–Crippen MR) is 77.0 cm³/mol. The Morgan fingerprint density at radius 3 is 3.05 bits per heavy atom. The highest BCUT2D eigenvalue weighted by Crippen LogP contribution is 2.15. The largest absolute Gasteiger partial charge is 0.497 e. The number of ether oxygens (including phenoxy) is 2. The van der Waals surface area contributed by atoms with Crippen LogP contribution < -0.4 is 10.5 Å². The van der Waals surface area contributed by atoms with E-state index in [4.69, 9.17) is 15.2 Å². The van der Waals surface area contributed by atoms with E-state index < -0.39 is 5.97 Å². The maximum atomic E-state index is 11.8. The Labute approximate surface area is 121 Å². The van der Waals surface area contributed by atoms with Gasteiger partial charge in [-0.3, -0.25) is 0 Å². The molecule has 0 amide bonds. The van der Waals surface area contributed by atoms with E-state index in [1.165, 1.54) is 11.3 Å². The zero-order valence-electron chi connectivity index (χ0n) is 11.2. The van der Waals surface area contributed by atoms with Crippen molar-refractivity contribution >= 4 is 17.3 Å². The van der Waals surface area contributed by atoms with Gasteiger partial charge in [-0.15, -0.1) is 11.3 Å². The lowest BCUT2D eigenvalue weighted by molar-refractivity contribution is 0.0466. The molecule has 0 aliphatic carbocycles. The molecule has 1 aromatic carbocycles. The van der Waals surface area contributed by atoms with E-state index in [1.807, 2.05) is 24.3 Å². The molecule has 0 atom stereocenters. The van der Waals surface area contributed by atoms with Crippen LogP contribution in [0.2, 0.25) is 0 Å². The average Bonchev–Trinajstić information content (AvgIpc) is 2.94. The molecular formula is C14H16N2O3S. The Morgan fingerprint density at radius 1 is 1.45 bits per heavy atom. The number of carbonyl (C=O) groups excluding carboxylic acids is 1. The van der Waals surface area contributed by atoms with Gasteiger partial charge in [0, 0.05) is 11.8 Å². The Kier molecular flexibility index (Phi) is 5.09. The topological polar surface area (TPSA) is 74.4 Å². The number of rotatable bonds is 6. The van der Waals surface area contributed by atoms with Crippen molar-refractivity contribution < 1.29 is 14.3 Å². The first kappa shape index (κ1) is 14.5. The van der Waals surface area contributed by atoms with Crippen molar-refractivity contribution in [3.8, 4) is 5.75 Å². The zero-order valence-corrected chi connectivity index (χ0v) is 12.0. The minimum atomic E-state index is -0.424.